The topological polar surface area (TPSA) is 113 Å². The number of nitrogens with two attached hydrogens (primary N) is 1. The molecule has 2 aromatic heterocycles. The van der Waals surface area contributed by atoms with E-state index in [4.69, 9.17) is 10.8 Å². The predicted molar refractivity (Wildman–Crippen MR) is 127 cm³/mol. The van der Waals surface area contributed by atoms with Gasteiger partial charge in [-0.25, -0.2) is 0 Å². The molecule has 0 saturated carbocycles. The second-order valence-corrected chi connectivity index (χ2v) is 8.03. The monoisotopic (exact) mass is 435 g/mol. The maximum absolute atomic E-state index is 12.7. The molecular formula is C23H29N7O2. The molecule has 9 nitrogen and oxygen atoms in total. The van der Waals surface area contributed by atoms with E-state index >= 15 is 0 Å². The smallest absolute Gasteiger partial charge is 0.274 e. The first-order valence-corrected chi connectivity index (χ1v) is 10.7. The lowest BCUT2D eigenvalue weighted by atomic mass is 10.0. The van der Waals surface area contributed by atoms with E-state index in [0.29, 0.717) is 23.7 Å². The quantitative estimate of drug-likeness (QED) is 0.501. The number of benzene rings is 1. The number of aliphatic hydroxyl groups excluding tert-OH is 1. The zero-order valence-electron chi connectivity index (χ0n) is 18.5. The molecule has 3 heterocycles. The van der Waals surface area contributed by atoms with Gasteiger partial charge in [0.05, 0.1) is 6.61 Å². The SMILES string of the molecule is Cc1c(N)cccc1-c1cc(Nc2ccc(N3CCN(CCO)CC3)nn2)c(=O)n(C)c1. The van der Waals surface area contributed by atoms with Crippen LogP contribution in [-0.2, 0) is 7.05 Å². The van der Waals surface area contributed by atoms with Gasteiger partial charge in [-0.1, -0.05) is 12.1 Å². The second kappa shape index (κ2) is 9.37. The molecule has 3 aromatic rings. The number of anilines is 4. The van der Waals surface area contributed by atoms with Crippen LogP contribution in [0.4, 0.5) is 23.0 Å². The van der Waals surface area contributed by atoms with Crippen molar-refractivity contribution in [3.05, 3.63) is 58.5 Å². The van der Waals surface area contributed by atoms with Gasteiger partial charge in [-0.05, 0) is 42.3 Å². The zero-order chi connectivity index (χ0) is 22.7. The van der Waals surface area contributed by atoms with E-state index in [0.717, 1.165) is 48.7 Å². The lowest BCUT2D eigenvalue weighted by molar-refractivity contribution is 0.188. The third-order valence-corrected chi connectivity index (χ3v) is 5.90. The molecule has 9 heteroatoms. The molecule has 0 atom stereocenters. The Morgan fingerprint density at radius 2 is 1.91 bits per heavy atom. The molecule has 0 bridgehead atoms. The largest absolute Gasteiger partial charge is 0.398 e. The van der Waals surface area contributed by atoms with Gasteiger partial charge in [-0.15, -0.1) is 10.2 Å². The first kappa shape index (κ1) is 21.8. The fourth-order valence-corrected chi connectivity index (χ4v) is 3.96. The maximum Gasteiger partial charge on any atom is 0.274 e. The van der Waals surface area contributed by atoms with E-state index in [9.17, 15) is 4.79 Å². The number of β-amino-alcohol motifs (C(OH)–C–C–N with tert-alkyl or cyclic N) is 1. The Balaban J connectivity index is 1.52. The van der Waals surface area contributed by atoms with Crippen molar-refractivity contribution in [3.8, 4) is 11.1 Å². The lowest BCUT2D eigenvalue weighted by Crippen LogP contribution is -2.47. The van der Waals surface area contributed by atoms with Crippen LogP contribution in [0.3, 0.4) is 0 Å². The van der Waals surface area contributed by atoms with Crippen molar-refractivity contribution in [1.82, 2.24) is 19.7 Å². The van der Waals surface area contributed by atoms with Gasteiger partial charge in [0.1, 0.15) is 5.69 Å². The Kier molecular flexibility index (Phi) is 6.38. The third-order valence-electron chi connectivity index (χ3n) is 5.90. The van der Waals surface area contributed by atoms with E-state index in [2.05, 4.69) is 25.3 Å². The normalized spacial score (nSPS) is 14.5. The first-order valence-electron chi connectivity index (χ1n) is 10.7. The number of nitrogen functional groups attached to an aromatic ring is 1. The van der Waals surface area contributed by atoms with E-state index in [1.54, 1.807) is 17.8 Å². The Bertz CT molecular complexity index is 1140. The number of hydrogen-bond donors (Lipinski definition) is 3. The highest BCUT2D eigenvalue weighted by Crippen LogP contribution is 2.28. The average molecular weight is 436 g/mol. The summed E-state index contributed by atoms with van der Waals surface area (Å²) in [6, 6.07) is 11.3. The maximum atomic E-state index is 12.7. The molecule has 1 aliphatic rings. The molecule has 0 amide bonds. The number of nitrogens with one attached hydrogen (secondary N) is 1. The number of piperazine rings is 1. The molecule has 1 aromatic carbocycles. The molecule has 0 unspecified atom stereocenters. The molecule has 1 fully saturated rings. The molecule has 0 aliphatic carbocycles. The summed E-state index contributed by atoms with van der Waals surface area (Å²) in [5, 5.41) is 20.8. The number of hydrogen-bond acceptors (Lipinski definition) is 8. The minimum Gasteiger partial charge on any atom is -0.398 e. The van der Waals surface area contributed by atoms with Crippen LogP contribution in [-0.4, -0.2) is 64.1 Å². The van der Waals surface area contributed by atoms with Crippen molar-refractivity contribution in [2.75, 3.05) is 55.3 Å². The van der Waals surface area contributed by atoms with Crippen LogP contribution in [0.25, 0.3) is 11.1 Å². The highest BCUT2D eigenvalue weighted by atomic mass is 16.3. The summed E-state index contributed by atoms with van der Waals surface area (Å²) in [5.74, 6) is 1.31. The number of nitrogens with zero attached hydrogens (tertiary/aromatic N) is 5. The standard InChI is InChI=1S/C23H29N7O2/c1-16-18(4-3-5-19(16)24)17-14-20(23(32)28(2)15-17)25-21-6-7-22(27-26-21)30-10-8-29(9-11-30)12-13-31/h3-7,14-15,31H,8-13,24H2,1-2H3,(H,25,26). The summed E-state index contributed by atoms with van der Waals surface area (Å²) in [4.78, 5) is 17.1. The van der Waals surface area contributed by atoms with E-state index in [1.807, 2.05) is 43.3 Å². The summed E-state index contributed by atoms with van der Waals surface area (Å²) in [5.41, 5.74) is 9.89. The van der Waals surface area contributed by atoms with E-state index in [-0.39, 0.29) is 12.2 Å². The minimum absolute atomic E-state index is 0.152. The number of aromatic nitrogens is 3. The van der Waals surface area contributed by atoms with Crippen LogP contribution in [0.5, 0.6) is 0 Å². The molecule has 4 rings (SSSR count). The summed E-state index contributed by atoms with van der Waals surface area (Å²) in [7, 11) is 1.73. The lowest BCUT2D eigenvalue weighted by Gasteiger charge is -2.34. The van der Waals surface area contributed by atoms with Crippen LogP contribution in [0.2, 0.25) is 0 Å². The Hall–Kier alpha value is -3.43. The Morgan fingerprint density at radius 1 is 1.12 bits per heavy atom. The molecule has 4 N–H and O–H groups in total. The number of aliphatic hydroxyl groups is 1. The van der Waals surface area contributed by atoms with E-state index in [1.165, 1.54) is 0 Å². The van der Waals surface area contributed by atoms with Crippen molar-refractivity contribution >= 4 is 23.0 Å². The number of rotatable bonds is 6. The molecule has 0 radical (unpaired) electrons. The van der Waals surface area contributed by atoms with Crippen molar-refractivity contribution in [1.29, 1.82) is 0 Å². The first-order chi connectivity index (χ1) is 15.5. The fraction of sp³-hybridized carbons (Fsp3) is 0.348. The average Bonchev–Trinajstić information content (AvgIpc) is 2.80. The van der Waals surface area contributed by atoms with Gasteiger partial charge < -0.3 is 25.6 Å². The molecule has 32 heavy (non-hydrogen) atoms. The molecule has 1 saturated heterocycles. The van der Waals surface area contributed by atoms with Crippen LogP contribution >= 0.6 is 0 Å². The van der Waals surface area contributed by atoms with Gasteiger partial charge >= 0.3 is 0 Å². The molecule has 168 valence electrons. The van der Waals surface area contributed by atoms with Crippen molar-refractivity contribution in [3.63, 3.8) is 0 Å². The van der Waals surface area contributed by atoms with E-state index < -0.39 is 0 Å². The Morgan fingerprint density at radius 3 is 2.59 bits per heavy atom. The number of aryl methyl sites for hydroxylation is 1. The summed E-state index contributed by atoms with van der Waals surface area (Å²) >= 11 is 0. The number of pyridine rings is 1. The summed E-state index contributed by atoms with van der Waals surface area (Å²) in [6.07, 6.45) is 1.81. The van der Waals surface area contributed by atoms with Gasteiger partial charge in [-0.3, -0.25) is 9.69 Å². The van der Waals surface area contributed by atoms with Crippen LogP contribution in [0, 0.1) is 6.92 Å². The predicted octanol–water partition coefficient (Wildman–Crippen LogP) is 1.59. The van der Waals surface area contributed by atoms with Crippen LogP contribution < -0.4 is 21.5 Å². The van der Waals surface area contributed by atoms with Crippen molar-refractivity contribution in [2.45, 2.75) is 6.92 Å². The highest BCUT2D eigenvalue weighted by Gasteiger charge is 2.18. The van der Waals surface area contributed by atoms with Crippen molar-refractivity contribution in [2.24, 2.45) is 7.05 Å². The third kappa shape index (κ3) is 4.58. The summed E-state index contributed by atoms with van der Waals surface area (Å²) < 4.78 is 1.55. The zero-order valence-corrected chi connectivity index (χ0v) is 18.5. The van der Waals surface area contributed by atoms with Gasteiger partial charge in [0.25, 0.3) is 5.56 Å². The van der Waals surface area contributed by atoms with Crippen LogP contribution in [0.15, 0.2) is 47.4 Å². The highest BCUT2D eigenvalue weighted by molar-refractivity contribution is 5.75. The Labute approximate surface area is 187 Å². The molecular weight excluding hydrogens is 406 g/mol. The van der Waals surface area contributed by atoms with Crippen molar-refractivity contribution < 1.29 is 5.11 Å². The van der Waals surface area contributed by atoms with Gasteiger partial charge in [0.15, 0.2) is 11.6 Å². The molecule has 0 spiro atoms. The van der Waals surface area contributed by atoms with Gasteiger partial charge in [0.2, 0.25) is 0 Å². The van der Waals surface area contributed by atoms with Crippen LogP contribution in [0.1, 0.15) is 5.56 Å². The molecule has 1 aliphatic heterocycles. The van der Waals surface area contributed by atoms with Gasteiger partial charge in [0, 0.05) is 57.2 Å². The fourth-order valence-electron chi connectivity index (χ4n) is 3.96. The van der Waals surface area contributed by atoms with Gasteiger partial charge in [-0.2, -0.15) is 0 Å². The second-order valence-electron chi connectivity index (χ2n) is 8.03. The summed E-state index contributed by atoms with van der Waals surface area (Å²) in [6.45, 7) is 6.29. The minimum atomic E-state index is -0.152.